The molecule has 0 fully saturated rings. The summed E-state index contributed by atoms with van der Waals surface area (Å²) >= 11 is 0. The zero-order chi connectivity index (χ0) is 25.0. The lowest BCUT2D eigenvalue weighted by atomic mass is 10.0. The van der Waals surface area contributed by atoms with Crippen LogP contribution in [0.3, 0.4) is 0 Å². The summed E-state index contributed by atoms with van der Waals surface area (Å²) in [6.07, 6.45) is 0.334. The van der Waals surface area contributed by atoms with E-state index in [1.807, 2.05) is 0 Å². The van der Waals surface area contributed by atoms with Crippen molar-refractivity contribution in [2.45, 2.75) is 45.3 Å². The van der Waals surface area contributed by atoms with Crippen LogP contribution in [0.25, 0.3) is 10.9 Å². The van der Waals surface area contributed by atoms with Crippen molar-refractivity contribution in [2.24, 2.45) is 0 Å². The standard InChI is InChI=1S/C25H26F2N2O5/c1-25(2,3)34-24(32)29-14-15(16-8-5-6-11-21(16)29)12-20(23(31)33-4)28-22(30)13-17-18(26)9-7-10-19(17)27/h5-11,14,20H,12-13H2,1-4H3,(H,28,30)/t20-/m1/s1. The Morgan fingerprint density at radius 1 is 1.03 bits per heavy atom. The van der Waals surface area contributed by atoms with Gasteiger partial charge < -0.3 is 14.8 Å². The van der Waals surface area contributed by atoms with Gasteiger partial charge in [0.15, 0.2) is 0 Å². The highest BCUT2D eigenvalue weighted by Gasteiger charge is 2.26. The van der Waals surface area contributed by atoms with E-state index in [2.05, 4.69) is 5.32 Å². The van der Waals surface area contributed by atoms with Crippen LogP contribution in [0, 0.1) is 11.6 Å². The number of aromatic nitrogens is 1. The fourth-order valence-electron chi connectivity index (χ4n) is 3.54. The van der Waals surface area contributed by atoms with Gasteiger partial charge in [0, 0.05) is 23.6 Å². The van der Waals surface area contributed by atoms with Gasteiger partial charge in [-0.3, -0.25) is 9.36 Å². The van der Waals surface area contributed by atoms with Crippen LogP contribution in [0.2, 0.25) is 0 Å². The third-order valence-corrected chi connectivity index (χ3v) is 5.03. The van der Waals surface area contributed by atoms with Crippen LogP contribution >= 0.6 is 0 Å². The van der Waals surface area contributed by atoms with Gasteiger partial charge in [-0.2, -0.15) is 0 Å². The van der Waals surface area contributed by atoms with E-state index in [1.54, 1.807) is 45.0 Å². The summed E-state index contributed by atoms with van der Waals surface area (Å²) in [4.78, 5) is 37.7. The van der Waals surface area contributed by atoms with Crippen molar-refractivity contribution in [2.75, 3.05) is 7.11 Å². The minimum atomic E-state index is -1.15. The Balaban J connectivity index is 1.88. The van der Waals surface area contributed by atoms with Gasteiger partial charge in [-0.1, -0.05) is 24.3 Å². The number of halogens is 2. The van der Waals surface area contributed by atoms with Crippen molar-refractivity contribution >= 4 is 28.9 Å². The molecule has 0 aliphatic carbocycles. The number of benzene rings is 2. The molecule has 0 aliphatic rings. The van der Waals surface area contributed by atoms with Crippen LogP contribution in [0.1, 0.15) is 31.9 Å². The van der Waals surface area contributed by atoms with Crippen LogP contribution in [0.4, 0.5) is 13.6 Å². The Bertz CT molecular complexity index is 1210. The number of rotatable bonds is 6. The van der Waals surface area contributed by atoms with E-state index in [4.69, 9.17) is 9.47 Å². The lowest BCUT2D eigenvalue weighted by molar-refractivity contribution is -0.145. The number of hydrogen-bond acceptors (Lipinski definition) is 5. The molecule has 1 N–H and O–H groups in total. The molecule has 1 atom stereocenters. The average Bonchev–Trinajstić information content (AvgIpc) is 3.13. The number of fused-ring (bicyclic) bond motifs is 1. The molecule has 7 nitrogen and oxygen atoms in total. The van der Waals surface area contributed by atoms with Gasteiger partial charge in [-0.05, 0) is 44.5 Å². The van der Waals surface area contributed by atoms with Crippen LogP contribution < -0.4 is 5.32 Å². The van der Waals surface area contributed by atoms with Crippen LogP contribution in [-0.2, 0) is 31.9 Å². The maximum Gasteiger partial charge on any atom is 0.419 e. The van der Waals surface area contributed by atoms with E-state index in [1.165, 1.54) is 23.9 Å². The van der Waals surface area contributed by atoms with Gasteiger partial charge in [0.2, 0.25) is 5.91 Å². The van der Waals surface area contributed by atoms with Crippen molar-refractivity contribution in [3.05, 3.63) is 71.4 Å². The first-order valence-corrected chi connectivity index (χ1v) is 10.6. The molecule has 2 aromatic carbocycles. The average molecular weight is 472 g/mol. The first-order chi connectivity index (χ1) is 16.0. The third kappa shape index (κ3) is 5.78. The first-order valence-electron chi connectivity index (χ1n) is 10.6. The molecule has 0 saturated carbocycles. The Labute approximate surface area is 195 Å². The van der Waals surface area contributed by atoms with E-state index in [9.17, 15) is 23.2 Å². The van der Waals surface area contributed by atoms with Gasteiger partial charge in [-0.25, -0.2) is 18.4 Å². The molecular weight excluding hydrogens is 446 g/mol. The minimum absolute atomic E-state index is 0.0194. The summed E-state index contributed by atoms with van der Waals surface area (Å²) in [6.45, 7) is 5.25. The summed E-state index contributed by atoms with van der Waals surface area (Å²) in [6, 6.07) is 9.19. The Kier molecular flexibility index (Phi) is 7.34. The Morgan fingerprint density at radius 3 is 2.29 bits per heavy atom. The van der Waals surface area contributed by atoms with Crippen molar-refractivity contribution in [3.63, 3.8) is 0 Å². The summed E-state index contributed by atoms with van der Waals surface area (Å²) in [7, 11) is 1.17. The van der Waals surface area contributed by atoms with Crippen molar-refractivity contribution in [1.29, 1.82) is 0 Å². The highest BCUT2D eigenvalue weighted by Crippen LogP contribution is 2.24. The zero-order valence-corrected chi connectivity index (χ0v) is 19.4. The number of carbonyl (C=O) groups excluding carboxylic acids is 3. The van der Waals surface area contributed by atoms with Gasteiger partial charge in [0.25, 0.3) is 0 Å². The largest absolute Gasteiger partial charge is 0.467 e. The number of esters is 1. The molecule has 0 radical (unpaired) electrons. The van der Waals surface area contributed by atoms with Crippen molar-refractivity contribution in [1.82, 2.24) is 9.88 Å². The number of hydrogen-bond donors (Lipinski definition) is 1. The highest BCUT2D eigenvalue weighted by molar-refractivity contribution is 5.93. The maximum absolute atomic E-state index is 13.9. The smallest absolute Gasteiger partial charge is 0.419 e. The number of nitrogens with one attached hydrogen (secondary N) is 1. The van der Waals surface area contributed by atoms with E-state index in [0.717, 1.165) is 12.1 Å². The molecule has 34 heavy (non-hydrogen) atoms. The molecule has 3 aromatic rings. The second-order valence-corrected chi connectivity index (χ2v) is 8.75. The maximum atomic E-state index is 13.9. The molecule has 180 valence electrons. The van der Waals surface area contributed by atoms with E-state index in [0.29, 0.717) is 16.5 Å². The van der Waals surface area contributed by atoms with E-state index < -0.39 is 53.2 Å². The monoisotopic (exact) mass is 472 g/mol. The molecular formula is C25H26F2N2O5. The molecule has 3 rings (SSSR count). The third-order valence-electron chi connectivity index (χ3n) is 5.03. The number of nitrogens with zero attached hydrogens (tertiary/aromatic N) is 1. The summed E-state index contributed by atoms with van der Waals surface area (Å²) in [5, 5.41) is 3.17. The molecule has 0 aliphatic heterocycles. The van der Waals surface area contributed by atoms with Crippen molar-refractivity contribution < 1.29 is 32.6 Å². The summed E-state index contributed by atoms with van der Waals surface area (Å²) in [5.41, 5.74) is 0.0298. The lowest BCUT2D eigenvalue weighted by Crippen LogP contribution is -2.43. The summed E-state index contributed by atoms with van der Waals surface area (Å²) in [5.74, 6) is -3.21. The molecule has 0 spiro atoms. The molecule has 9 heteroatoms. The normalized spacial score (nSPS) is 12.3. The number of ether oxygens (including phenoxy) is 2. The zero-order valence-electron chi connectivity index (χ0n) is 19.4. The van der Waals surface area contributed by atoms with Crippen LogP contribution in [0.5, 0.6) is 0 Å². The SMILES string of the molecule is COC(=O)[C@@H](Cc1cn(C(=O)OC(C)(C)C)c2ccccc12)NC(=O)Cc1c(F)cccc1F. The second-order valence-electron chi connectivity index (χ2n) is 8.75. The molecule has 1 aromatic heterocycles. The highest BCUT2D eigenvalue weighted by atomic mass is 19.1. The number of methoxy groups -OCH3 is 1. The van der Waals surface area contributed by atoms with Gasteiger partial charge in [-0.15, -0.1) is 0 Å². The predicted molar refractivity (Wildman–Crippen MR) is 121 cm³/mol. The summed E-state index contributed by atoms with van der Waals surface area (Å²) < 4.78 is 39.5. The number of para-hydroxylation sites is 1. The van der Waals surface area contributed by atoms with Gasteiger partial charge in [0.1, 0.15) is 23.3 Å². The van der Waals surface area contributed by atoms with Crippen LogP contribution in [-0.4, -0.2) is 41.3 Å². The fraction of sp³-hybridized carbons (Fsp3) is 0.320. The topological polar surface area (TPSA) is 86.6 Å². The predicted octanol–water partition coefficient (Wildman–Crippen LogP) is 4.15. The lowest BCUT2D eigenvalue weighted by Gasteiger charge is -2.19. The fourth-order valence-corrected chi connectivity index (χ4v) is 3.54. The van der Waals surface area contributed by atoms with E-state index >= 15 is 0 Å². The number of amides is 1. The van der Waals surface area contributed by atoms with Crippen LogP contribution in [0.15, 0.2) is 48.7 Å². The number of carbonyl (C=O) groups is 3. The molecule has 1 heterocycles. The molecule has 1 amide bonds. The van der Waals surface area contributed by atoms with Gasteiger partial charge >= 0.3 is 12.1 Å². The second kappa shape index (κ2) is 10.0. The Hall–Kier alpha value is -3.75. The van der Waals surface area contributed by atoms with Crippen molar-refractivity contribution in [3.8, 4) is 0 Å². The quantitative estimate of drug-likeness (QED) is 0.545. The first kappa shape index (κ1) is 24.9. The Morgan fingerprint density at radius 2 is 1.68 bits per heavy atom. The molecule has 0 unspecified atom stereocenters. The van der Waals surface area contributed by atoms with E-state index in [-0.39, 0.29) is 6.42 Å². The minimum Gasteiger partial charge on any atom is -0.467 e. The molecule has 0 bridgehead atoms. The molecule has 0 saturated heterocycles. The van der Waals surface area contributed by atoms with Gasteiger partial charge in [0.05, 0.1) is 19.0 Å².